The van der Waals surface area contributed by atoms with E-state index in [2.05, 4.69) is 9.97 Å². The highest BCUT2D eigenvalue weighted by Gasteiger charge is 2.24. The number of halogens is 1. The molecule has 21 heavy (non-hydrogen) atoms. The van der Waals surface area contributed by atoms with Crippen molar-refractivity contribution in [3.63, 3.8) is 0 Å². The highest BCUT2D eigenvalue weighted by Crippen LogP contribution is 2.32. The van der Waals surface area contributed by atoms with Crippen LogP contribution in [-0.2, 0) is 6.42 Å². The van der Waals surface area contributed by atoms with Gasteiger partial charge < -0.3 is 9.84 Å². The number of hydrogen-bond acceptors (Lipinski definition) is 4. The van der Waals surface area contributed by atoms with Crippen LogP contribution < -0.4 is 4.74 Å². The SMILES string of the molecule is CCCc1c(F)c(-c2cccnc2)nc(C(=O)O)c1OC. The van der Waals surface area contributed by atoms with Gasteiger partial charge in [0.2, 0.25) is 0 Å². The van der Waals surface area contributed by atoms with Gasteiger partial charge in [-0.1, -0.05) is 13.3 Å². The molecule has 0 saturated carbocycles. The van der Waals surface area contributed by atoms with Gasteiger partial charge in [0.15, 0.2) is 17.3 Å². The Kier molecular flexibility index (Phi) is 4.47. The molecule has 0 aliphatic heterocycles. The second kappa shape index (κ2) is 6.30. The van der Waals surface area contributed by atoms with E-state index in [1.54, 1.807) is 18.3 Å². The van der Waals surface area contributed by atoms with Crippen molar-refractivity contribution in [2.45, 2.75) is 19.8 Å². The molecule has 0 unspecified atom stereocenters. The van der Waals surface area contributed by atoms with E-state index in [1.807, 2.05) is 6.92 Å². The maximum absolute atomic E-state index is 14.7. The van der Waals surface area contributed by atoms with Crippen molar-refractivity contribution in [2.75, 3.05) is 7.11 Å². The molecule has 0 saturated heterocycles. The summed E-state index contributed by atoms with van der Waals surface area (Å²) in [5.74, 6) is -1.84. The first-order valence-corrected chi connectivity index (χ1v) is 6.50. The van der Waals surface area contributed by atoms with E-state index in [-0.39, 0.29) is 22.7 Å². The van der Waals surface area contributed by atoms with Gasteiger partial charge in [0, 0.05) is 23.5 Å². The van der Waals surface area contributed by atoms with E-state index < -0.39 is 11.8 Å². The molecular weight excluding hydrogens is 275 g/mol. The fourth-order valence-electron chi connectivity index (χ4n) is 2.13. The highest BCUT2D eigenvalue weighted by atomic mass is 19.1. The molecule has 0 bridgehead atoms. The molecule has 0 aliphatic carbocycles. The second-order valence-corrected chi connectivity index (χ2v) is 4.43. The average Bonchev–Trinajstić information content (AvgIpc) is 2.49. The minimum Gasteiger partial charge on any atom is -0.494 e. The molecular formula is C15H15FN2O3. The zero-order valence-corrected chi connectivity index (χ0v) is 11.8. The maximum atomic E-state index is 14.7. The predicted molar refractivity (Wildman–Crippen MR) is 74.9 cm³/mol. The molecule has 6 heteroatoms. The first kappa shape index (κ1) is 14.9. The standard InChI is InChI=1S/C15H15FN2O3/c1-3-5-10-11(16)12(9-6-4-7-17-8-9)18-13(15(19)20)14(10)21-2/h4,6-8H,3,5H2,1-2H3,(H,19,20). The lowest BCUT2D eigenvalue weighted by molar-refractivity contribution is 0.0686. The molecule has 0 amide bonds. The number of pyridine rings is 2. The molecule has 2 aromatic heterocycles. The Labute approximate surface area is 121 Å². The van der Waals surface area contributed by atoms with Crippen LogP contribution in [0.5, 0.6) is 5.75 Å². The fraction of sp³-hybridized carbons (Fsp3) is 0.267. The third kappa shape index (κ3) is 2.84. The smallest absolute Gasteiger partial charge is 0.358 e. The lowest BCUT2D eigenvalue weighted by Crippen LogP contribution is -2.10. The van der Waals surface area contributed by atoms with Crippen molar-refractivity contribution < 1.29 is 19.0 Å². The zero-order chi connectivity index (χ0) is 15.4. The quantitative estimate of drug-likeness (QED) is 0.916. The summed E-state index contributed by atoms with van der Waals surface area (Å²) in [5, 5.41) is 9.27. The van der Waals surface area contributed by atoms with Crippen LogP contribution in [0.3, 0.4) is 0 Å². The van der Waals surface area contributed by atoms with Gasteiger partial charge in [0.25, 0.3) is 0 Å². The third-order valence-corrected chi connectivity index (χ3v) is 3.03. The lowest BCUT2D eigenvalue weighted by Gasteiger charge is -2.14. The van der Waals surface area contributed by atoms with Gasteiger partial charge in [-0.05, 0) is 18.6 Å². The van der Waals surface area contributed by atoms with Gasteiger partial charge in [0.1, 0.15) is 5.69 Å². The number of aromatic nitrogens is 2. The minimum atomic E-state index is -1.26. The largest absolute Gasteiger partial charge is 0.494 e. The van der Waals surface area contributed by atoms with Crippen molar-refractivity contribution in [2.24, 2.45) is 0 Å². The molecule has 1 N–H and O–H groups in total. The zero-order valence-electron chi connectivity index (χ0n) is 11.8. The van der Waals surface area contributed by atoms with Gasteiger partial charge in [-0.15, -0.1) is 0 Å². The van der Waals surface area contributed by atoms with Crippen LogP contribution in [0.4, 0.5) is 4.39 Å². The van der Waals surface area contributed by atoms with Gasteiger partial charge in [-0.3, -0.25) is 4.98 Å². The molecule has 0 spiro atoms. The first-order chi connectivity index (χ1) is 10.1. The molecule has 0 fully saturated rings. The van der Waals surface area contributed by atoms with Crippen molar-refractivity contribution in [1.29, 1.82) is 0 Å². The van der Waals surface area contributed by atoms with Crippen molar-refractivity contribution in [3.8, 4) is 17.0 Å². The van der Waals surface area contributed by atoms with Crippen molar-refractivity contribution >= 4 is 5.97 Å². The first-order valence-electron chi connectivity index (χ1n) is 6.50. The summed E-state index contributed by atoms with van der Waals surface area (Å²) < 4.78 is 19.7. The van der Waals surface area contributed by atoms with E-state index in [0.717, 1.165) is 0 Å². The van der Waals surface area contributed by atoms with Crippen LogP contribution in [-0.4, -0.2) is 28.2 Å². The molecule has 0 atom stereocenters. The Morgan fingerprint density at radius 2 is 2.24 bits per heavy atom. The Bertz CT molecular complexity index is 660. The van der Waals surface area contributed by atoms with E-state index in [0.29, 0.717) is 18.4 Å². The summed E-state index contributed by atoms with van der Waals surface area (Å²) in [6, 6.07) is 3.27. The number of carboxylic acids is 1. The number of carboxylic acid groups (broad SMARTS) is 1. The normalized spacial score (nSPS) is 10.4. The lowest BCUT2D eigenvalue weighted by atomic mass is 10.0. The van der Waals surface area contributed by atoms with Gasteiger partial charge in [-0.25, -0.2) is 14.2 Å². The number of carbonyl (C=O) groups is 1. The highest BCUT2D eigenvalue weighted by molar-refractivity contribution is 5.90. The number of nitrogens with zero attached hydrogens (tertiary/aromatic N) is 2. The van der Waals surface area contributed by atoms with E-state index >= 15 is 0 Å². The molecule has 2 aromatic rings. The Morgan fingerprint density at radius 3 is 2.76 bits per heavy atom. The van der Waals surface area contributed by atoms with Crippen LogP contribution in [0.15, 0.2) is 24.5 Å². The van der Waals surface area contributed by atoms with Crippen LogP contribution in [0.25, 0.3) is 11.3 Å². The minimum absolute atomic E-state index is 0.0190. The van der Waals surface area contributed by atoms with Crippen LogP contribution in [0, 0.1) is 5.82 Å². The Hall–Kier alpha value is -2.50. The van der Waals surface area contributed by atoms with Crippen LogP contribution in [0.1, 0.15) is 29.4 Å². The van der Waals surface area contributed by atoms with Crippen LogP contribution >= 0.6 is 0 Å². The summed E-state index contributed by atoms with van der Waals surface area (Å²) >= 11 is 0. The summed E-state index contributed by atoms with van der Waals surface area (Å²) in [5.41, 5.74) is 0.342. The molecule has 0 aliphatic rings. The van der Waals surface area contributed by atoms with Crippen LogP contribution in [0.2, 0.25) is 0 Å². The second-order valence-electron chi connectivity index (χ2n) is 4.43. The number of rotatable bonds is 5. The van der Waals surface area contributed by atoms with Crippen molar-refractivity contribution in [3.05, 3.63) is 41.6 Å². The number of methoxy groups -OCH3 is 1. The molecule has 0 radical (unpaired) electrons. The van der Waals surface area contributed by atoms with Gasteiger partial charge in [0.05, 0.1) is 7.11 Å². The Morgan fingerprint density at radius 1 is 1.48 bits per heavy atom. The van der Waals surface area contributed by atoms with Gasteiger partial charge >= 0.3 is 5.97 Å². The van der Waals surface area contributed by atoms with E-state index in [4.69, 9.17) is 4.74 Å². The topological polar surface area (TPSA) is 72.3 Å². The molecule has 0 aromatic carbocycles. The summed E-state index contributed by atoms with van der Waals surface area (Å²) in [6.07, 6.45) is 4.02. The molecule has 5 nitrogen and oxygen atoms in total. The summed E-state index contributed by atoms with van der Waals surface area (Å²) in [6.45, 7) is 1.88. The average molecular weight is 290 g/mol. The summed E-state index contributed by atoms with van der Waals surface area (Å²) in [4.78, 5) is 19.2. The van der Waals surface area contributed by atoms with Gasteiger partial charge in [-0.2, -0.15) is 0 Å². The van der Waals surface area contributed by atoms with E-state index in [9.17, 15) is 14.3 Å². The monoisotopic (exact) mass is 290 g/mol. The predicted octanol–water partition coefficient (Wildman–Crippen LogP) is 2.94. The molecule has 110 valence electrons. The number of aromatic carboxylic acids is 1. The number of ether oxygens (including phenoxy) is 1. The summed E-state index contributed by atoms with van der Waals surface area (Å²) in [7, 11) is 1.31. The fourth-order valence-corrected chi connectivity index (χ4v) is 2.13. The van der Waals surface area contributed by atoms with Crippen molar-refractivity contribution in [1.82, 2.24) is 9.97 Å². The van der Waals surface area contributed by atoms with E-state index in [1.165, 1.54) is 13.3 Å². The molecule has 2 heterocycles. The molecule has 2 rings (SSSR count). The third-order valence-electron chi connectivity index (χ3n) is 3.03. The maximum Gasteiger partial charge on any atom is 0.358 e. The Balaban J connectivity index is 2.75. The number of hydrogen-bond donors (Lipinski definition) is 1.